The van der Waals surface area contributed by atoms with Gasteiger partial charge in [0.2, 0.25) is 5.79 Å². The summed E-state index contributed by atoms with van der Waals surface area (Å²) >= 11 is 0. The molecule has 0 unspecified atom stereocenters. The van der Waals surface area contributed by atoms with E-state index in [0.717, 1.165) is 12.0 Å². The van der Waals surface area contributed by atoms with Crippen molar-refractivity contribution in [1.29, 1.82) is 0 Å². The number of ether oxygens (including phenoxy) is 6. The summed E-state index contributed by atoms with van der Waals surface area (Å²) in [5, 5.41) is 33.2. The Bertz CT molecular complexity index is 767. The quantitative estimate of drug-likeness (QED) is 0.308. The van der Waals surface area contributed by atoms with E-state index in [1.54, 1.807) is 21.0 Å². The topological polar surface area (TPSA) is 133 Å². The number of rotatable bonds is 8. The normalized spacial score (nSPS) is 38.2. The fourth-order valence-corrected chi connectivity index (χ4v) is 5.56. The van der Waals surface area contributed by atoms with Crippen molar-refractivity contribution in [3.05, 3.63) is 11.6 Å². The van der Waals surface area contributed by atoms with Crippen LogP contribution in [0.3, 0.4) is 0 Å². The summed E-state index contributed by atoms with van der Waals surface area (Å²) < 4.78 is 35.0. The molecule has 2 saturated heterocycles. The molecule has 2 aliphatic heterocycles. The molecule has 222 valence electrons. The number of hydrogen-bond donors (Lipinski definition) is 3. The van der Waals surface area contributed by atoms with E-state index in [9.17, 15) is 20.1 Å². The van der Waals surface area contributed by atoms with Gasteiger partial charge in [-0.25, -0.2) is 0 Å². The second kappa shape index (κ2) is 14.5. The molecule has 0 aromatic carbocycles. The largest absolute Gasteiger partial charge is 0.458 e. The number of aliphatic hydroxyl groups excluding tert-OH is 2. The van der Waals surface area contributed by atoms with Crippen LogP contribution in [0.25, 0.3) is 0 Å². The molecular formula is C28H50O10. The second-order valence-corrected chi connectivity index (χ2v) is 11.2. The van der Waals surface area contributed by atoms with Crippen molar-refractivity contribution < 1.29 is 48.5 Å². The van der Waals surface area contributed by atoms with E-state index in [-0.39, 0.29) is 31.8 Å². The molecule has 0 spiro atoms. The molecule has 0 radical (unpaired) electrons. The lowest BCUT2D eigenvalue weighted by Gasteiger charge is -2.54. The molecule has 2 heterocycles. The van der Waals surface area contributed by atoms with Gasteiger partial charge in [0.25, 0.3) is 0 Å². The van der Waals surface area contributed by atoms with Crippen LogP contribution in [0.4, 0.5) is 0 Å². The van der Waals surface area contributed by atoms with Crippen molar-refractivity contribution in [2.24, 2.45) is 11.3 Å². The summed E-state index contributed by atoms with van der Waals surface area (Å²) in [6.45, 7) is 7.32. The maximum absolute atomic E-state index is 13.1. The minimum Gasteiger partial charge on any atom is -0.458 e. The molecule has 2 rings (SSSR count). The molecule has 2 aliphatic rings. The summed E-state index contributed by atoms with van der Waals surface area (Å²) in [4.78, 5) is 13.1. The predicted octanol–water partition coefficient (Wildman–Crippen LogP) is 2.36. The summed E-state index contributed by atoms with van der Waals surface area (Å²) in [5.74, 6) is -2.41. The molecule has 2 bridgehead atoms. The lowest BCUT2D eigenvalue weighted by molar-refractivity contribution is -0.382. The Hall–Kier alpha value is -1.11. The molecule has 0 aromatic heterocycles. The van der Waals surface area contributed by atoms with Gasteiger partial charge in [-0.1, -0.05) is 26.8 Å². The average molecular weight is 547 g/mol. The summed E-state index contributed by atoms with van der Waals surface area (Å²) in [7, 11) is 6.08. The molecule has 0 amide bonds. The van der Waals surface area contributed by atoms with Gasteiger partial charge in [-0.15, -0.1) is 0 Å². The van der Waals surface area contributed by atoms with Gasteiger partial charge in [-0.05, 0) is 18.9 Å². The number of aliphatic hydroxyl groups is 3. The van der Waals surface area contributed by atoms with E-state index in [1.807, 2.05) is 19.9 Å². The fraction of sp³-hybridized carbons (Fsp3) is 0.893. The monoisotopic (exact) mass is 546 g/mol. The Morgan fingerprint density at radius 1 is 1.05 bits per heavy atom. The zero-order valence-electron chi connectivity index (χ0n) is 24.3. The van der Waals surface area contributed by atoms with E-state index in [0.29, 0.717) is 12.8 Å². The molecule has 0 saturated carbocycles. The highest BCUT2D eigenvalue weighted by molar-refractivity contribution is 5.70. The minimum absolute atomic E-state index is 0.00913. The van der Waals surface area contributed by atoms with Crippen molar-refractivity contribution in [2.45, 2.75) is 115 Å². The second-order valence-electron chi connectivity index (χ2n) is 11.2. The van der Waals surface area contributed by atoms with Gasteiger partial charge in [0.1, 0.15) is 12.2 Å². The highest BCUT2D eigenvalue weighted by Gasteiger charge is 2.61. The first-order valence-corrected chi connectivity index (χ1v) is 13.6. The average Bonchev–Trinajstić information content (AvgIpc) is 2.88. The number of fused-ring (bicyclic) bond motifs is 2. The first kappa shape index (κ1) is 33.1. The number of carbonyl (C=O) groups is 1. The zero-order chi connectivity index (χ0) is 28.7. The van der Waals surface area contributed by atoms with Crippen LogP contribution in [0, 0.1) is 11.3 Å². The van der Waals surface area contributed by atoms with Gasteiger partial charge in [0, 0.05) is 72.1 Å². The lowest BCUT2D eigenvalue weighted by Crippen LogP contribution is -2.68. The highest BCUT2D eigenvalue weighted by Crippen LogP contribution is 2.47. The van der Waals surface area contributed by atoms with Gasteiger partial charge in [-0.3, -0.25) is 4.79 Å². The van der Waals surface area contributed by atoms with Crippen molar-refractivity contribution in [3.8, 4) is 0 Å². The summed E-state index contributed by atoms with van der Waals surface area (Å²) in [6.07, 6.45) is -0.850. The van der Waals surface area contributed by atoms with Crippen LogP contribution in [0.2, 0.25) is 0 Å². The van der Waals surface area contributed by atoms with Crippen LogP contribution < -0.4 is 0 Å². The minimum atomic E-state index is -1.91. The van der Waals surface area contributed by atoms with Crippen LogP contribution in [0.1, 0.15) is 66.2 Å². The number of methoxy groups -OCH3 is 4. The van der Waals surface area contributed by atoms with Crippen molar-refractivity contribution >= 4 is 5.97 Å². The Kier molecular flexibility index (Phi) is 12.6. The molecular weight excluding hydrogens is 496 g/mol. The Labute approximate surface area is 227 Å². The number of carbonyl (C=O) groups excluding carboxylic acids is 1. The van der Waals surface area contributed by atoms with E-state index in [1.165, 1.54) is 21.3 Å². The fourth-order valence-electron chi connectivity index (χ4n) is 5.56. The summed E-state index contributed by atoms with van der Waals surface area (Å²) in [6, 6.07) is 0. The summed E-state index contributed by atoms with van der Waals surface area (Å²) in [5.41, 5.74) is -0.397. The van der Waals surface area contributed by atoms with Crippen LogP contribution in [0.5, 0.6) is 0 Å². The number of esters is 1. The maximum Gasteiger partial charge on any atom is 0.309 e. The van der Waals surface area contributed by atoms with E-state index >= 15 is 0 Å². The first-order chi connectivity index (χ1) is 17.9. The van der Waals surface area contributed by atoms with Gasteiger partial charge in [0.05, 0.1) is 36.9 Å². The molecule has 38 heavy (non-hydrogen) atoms. The van der Waals surface area contributed by atoms with Crippen LogP contribution in [-0.2, 0) is 33.2 Å². The smallest absolute Gasteiger partial charge is 0.309 e. The molecule has 2 fully saturated rings. The standard InChI is InChI=1S/C28H50O10/c1-9-18(16-29)10-17(2)22-12-20(34-6)14-24(30)27(3,4)28(32)26(36-8)23(35-7)13-21(38-28)11-19(33-5)15-25(31)37-22/h10,18-24,26,29-30,32H,9,11-16H2,1-8H3/b17-10-/t18-,19-,20-,21+,22+,23-,24+,26-,28+/m1/s1. The van der Waals surface area contributed by atoms with Gasteiger partial charge in [-0.2, -0.15) is 0 Å². The van der Waals surface area contributed by atoms with Crippen LogP contribution in [-0.4, -0.2) is 105 Å². The lowest BCUT2D eigenvalue weighted by atomic mass is 9.70. The van der Waals surface area contributed by atoms with E-state index in [2.05, 4.69) is 0 Å². The number of cyclic esters (lactones) is 1. The van der Waals surface area contributed by atoms with Gasteiger partial charge < -0.3 is 43.7 Å². The molecule has 10 heteroatoms. The zero-order valence-corrected chi connectivity index (χ0v) is 24.3. The van der Waals surface area contributed by atoms with E-state index < -0.39 is 59.9 Å². The van der Waals surface area contributed by atoms with Crippen LogP contribution in [0.15, 0.2) is 11.6 Å². The number of hydrogen-bond acceptors (Lipinski definition) is 10. The third kappa shape index (κ3) is 7.54. The SMILES string of the molecule is CC[C@H](/C=C(/C)[C@@H]1C[C@@H](OC)C[C@H](O)C(C)(C)[C@@]2(O)O[C@@H](C[C@@H](OC)CC(=O)O1)C[C@@H](OC)[C@H]2OC)CO. The van der Waals surface area contributed by atoms with Crippen molar-refractivity contribution in [3.63, 3.8) is 0 Å². The highest BCUT2D eigenvalue weighted by atomic mass is 16.7. The molecule has 0 aliphatic carbocycles. The molecule has 3 N–H and O–H groups in total. The Morgan fingerprint density at radius 3 is 2.24 bits per heavy atom. The third-order valence-corrected chi connectivity index (χ3v) is 8.47. The maximum atomic E-state index is 13.1. The van der Waals surface area contributed by atoms with Crippen LogP contribution >= 0.6 is 0 Å². The first-order valence-electron chi connectivity index (χ1n) is 13.6. The van der Waals surface area contributed by atoms with Gasteiger partial charge in [0.15, 0.2) is 0 Å². The Balaban J connectivity index is 2.53. The molecule has 10 nitrogen and oxygen atoms in total. The van der Waals surface area contributed by atoms with Gasteiger partial charge >= 0.3 is 5.97 Å². The predicted molar refractivity (Wildman–Crippen MR) is 140 cm³/mol. The van der Waals surface area contributed by atoms with E-state index in [4.69, 9.17) is 28.4 Å². The van der Waals surface area contributed by atoms with Crippen molar-refractivity contribution in [2.75, 3.05) is 35.0 Å². The Morgan fingerprint density at radius 2 is 1.71 bits per heavy atom. The third-order valence-electron chi connectivity index (χ3n) is 8.47. The molecule has 9 atom stereocenters. The van der Waals surface area contributed by atoms with Crippen molar-refractivity contribution in [1.82, 2.24) is 0 Å². The molecule has 0 aromatic rings.